The van der Waals surface area contributed by atoms with Crippen molar-refractivity contribution in [3.05, 3.63) is 112 Å². The van der Waals surface area contributed by atoms with Gasteiger partial charge in [-0.1, -0.05) is 12.1 Å². The molecule has 2 aromatic heterocycles. The predicted molar refractivity (Wildman–Crippen MR) is 167 cm³/mol. The quantitative estimate of drug-likeness (QED) is 0.184. The van der Waals surface area contributed by atoms with Crippen LogP contribution in [0.2, 0.25) is 0 Å². The molecule has 3 aromatic carbocycles. The van der Waals surface area contributed by atoms with Crippen molar-refractivity contribution in [1.29, 1.82) is 5.26 Å². The fourth-order valence-corrected chi connectivity index (χ4v) is 6.30. The lowest BCUT2D eigenvalue weighted by atomic mass is 9.93. The van der Waals surface area contributed by atoms with E-state index in [9.17, 15) is 14.3 Å². The summed E-state index contributed by atoms with van der Waals surface area (Å²) in [6, 6.07) is 17.0. The standard InChI is InChI=1S/C36H31F3N4O4/c1-35(2)17-31(36(3,4)47-35)43-30-14-21(34(44)45)10-11-29(30)41-32(43)15-23-13-27(39)24(16-26(23)38)28-6-5-7-33(42-28)46-19-22-9-8-20(18-40)12-25(22)37/h5-14,16,31H,15,17,19H2,1-4H3,(H,44,45). The summed E-state index contributed by atoms with van der Waals surface area (Å²) < 4.78 is 59.6. The lowest BCUT2D eigenvalue weighted by Gasteiger charge is -2.29. The molecule has 3 heterocycles. The number of nitriles is 1. The third-order valence-electron chi connectivity index (χ3n) is 8.39. The fourth-order valence-electron chi connectivity index (χ4n) is 6.30. The maximum atomic E-state index is 15.8. The normalized spacial score (nSPS) is 16.7. The molecule has 6 rings (SSSR count). The van der Waals surface area contributed by atoms with Crippen molar-refractivity contribution in [2.24, 2.45) is 0 Å². The Morgan fingerprint density at radius 2 is 1.77 bits per heavy atom. The lowest BCUT2D eigenvalue weighted by molar-refractivity contribution is -0.0728. The van der Waals surface area contributed by atoms with E-state index in [2.05, 4.69) is 4.98 Å². The number of hydrogen-bond donors (Lipinski definition) is 1. The minimum Gasteiger partial charge on any atom is -0.478 e. The molecule has 0 bridgehead atoms. The van der Waals surface area contributed by atoms with E-state index in [0.29, 0.717) is 23.3 Å². The van der Waals surface area contributed by atoms with Gasteiger partial charge in [-0.15, -0.1) is 0 Å². The molecule has 1 fully saturated rings. The predicted octanol–water partition coefficient (Wildman–Crippen LogP) is 7.77. The van der Waals surface area contributed by atoms with E-state index in [4.69, 9.17) is 19.7 Å². The molecule has 1 aliphatic heterocycles. The monoisotopic (exact) mass is 640 g/mol. The first-order valence-corrected chi connectivity index (χ1v) is 15.0. The van der Waals surface area contributed by atoms with Crippen molar-refractivity contribution in [3.8, 4) is 23.2 Å². The SMILES string of the molecule is CC1(C)CC(n2c(Cc3cc(F)c(-c4cccc(OCc5ccc(C#N)cc5F)n4)cc3F)nc3ccc(C(=O)O)cc32)C(C)(C)O1. The van der Waals surface area contributed by atoms with Crippen LogP contribution < -0.4 is 4.74 Å². The van der Waals surface area contributed by atoms with Gasteiger partial charge < -0.3 is 19.1 Å². The molecule has 0 radical (unpaired) electrons. The molecular weight excluding hydrogens is 609 g/mol. The number of imidazole rings is 1. The maximum Gasteiger partial charge on any atom is 0.335 e. The van der Waals surface area contributed by atoms with Crippen molar-refractivity contribution >= 4 is 17.0 Å². The number of nitrogens with zero attached hydrogens (tertiary/aromatic N) is 4. The number of aromatic nitrogens is 3. The third kappa shape index (κ3) is 6.29. The van der Waals surface area contributed by atoms with Gasteiger partial charge in [0.25, 0.3) is 0 Å². The van der Waals surface area contributed by atoms with Gasteiger partial charge in [0.15, 0.2) is 0 Å². The molecule has 1 N–H and O–H groups in total. The van der Waals surface area contributed by atoms with Crippen molar-refractivity contribution < 1.29 is 32.5 Å². The fraction of sp³-hybridized carbons (Fsp3) is 0.278. The molecule has 240 valence electrons. The van der Waals surface area contributed by atoms with E-state index in [1.54, 1.807) is 18.2 Å². The summed E-state index contributed by atoms with van der Waals surface area (Å²) in [7, 11) is 0. The maximum absolute atomic E-state index is 15.8. The second-order valence-corrected chi connectivity index (χ2v) is 12.8. The number of carboxylic acids is 1. The van der Waals surface area contributed by atoms with Gasteiger partial charge in [0, 0.05) is 23.6 Å². The second kappa shape index (κ2) is 11.9. The van der Waals surface area contributed by atoms with Crippen LogP contribution >= 0.6 is 0 Å². The van der Waals surface area contributed by atoms with Gasteiger partial charge in [-0.3, -0.25) is 0 Å². The zero-order valence-corrected chi connectivity index (χ0v) is 26.1. The Kier molecular flexibility index (Phi) is 8.01. The van der Waals surface area contributed by atoms with Crippen LogP contribution in [-0.4, -0.2) is 36.8 Å². The van der Waals surface area contributed by atoms with Crippen LogP contribution in [0.5, 0.6) is 5.88 Å². The molecule has 8 nitrogen and oxygen atoms in total. The number of rotatable bonds is 8. The number of carbonyl (C=O) groups is 1. The summed E-state index contributed by atoms with van der Waals surface area (Å²) in [6.07, 6.45) is 0.521. The van der Waals surface area contributed by atoms with Gasteiger partial charge in [-0.2, -0.15) is 5.26 Å². The minimum absolute atomic E-state index is 0.0564. The number of pyridine rings is 1. The first kappa shape index (κ1) is 31.8. The van der Waals surface area contributed by atoms with Crippen LogP contribution in [0.25, 0.3) is 22.3 Å². The third-order valence-corrected chi connectivity index (χ3v) is 8.39. The van der Waals surface area contributed by atoms with Gasteiger partial charge in [0.2, 0.25) is 5.88 Å². The number of hydrogen-bond acceptors (Lipinski definition) is 6. The molecule has 1 aliphatic rings. The molecule has 0 amide bonds. The molecule has 1 atom stereocenters. The van der Waals surface area contributed by atoms with Gasteiger partial charge in [0.05, 0.1) is 51.2 Å². The van der Waals surface area contributed by atoms with E-state index >= 15 is 8.78 Å². The first-order chi connectivity index (χ1) is 22.2. The highest BCUT2D eigenvalue weighted by Crippen LogP contribution is 2.47. The number of ether oxygens (including phenoxy) is 2. The number of halogens is 3. The summed E-state index contributed by atoms with van der Waals surface area (Å²) in [5.41, 5.74) is 0.513. The van der Waals surface area contributed by atoms with Crippen molar-refractivity contribution in [3.63, 3.8) is 0 Å². The summed E-state index contributed by atoms with van der Waals surface area (Å²) in [5, 5.41) is 18.6. The van der Waals surface area contributed by atoms with Crippen LogP contribution in [-0.2, 0) is 17.8 Å². The highest BCUT2D eigenvalue weighted by atomic mass is 19.1. The average Bonchev–Trinajstić information content (AvgIpc) is 3.47. The van der Waals surface area contributed by atoms with Crippen LogP contribution in [0, 0.1) is 28.8 Å². The Morgan fingerprint density at radius 1 is 1.00 bits per heavy atom. The molecule has 0 spiro atoms. The number of benzene rings is 3. The van der Waals surface area contributed by atoms with E-state index in [-0.39, 0.29) is 58.5 Å². The number of carboxylic acid groups (broad SMARTS) is 1. The Bertz CT molecular complexity index is 2080. The number of aromatic carboxylic acids is 1. The Balaban J connectivity index is 1.32. The summed E-state index contributed by atoms with van der Waals surface area (Å²) >= 11 is 0. The highest BCUT2D eigenvalue weighted by Gasteiger charge is 2.48. The van der Waals surface area contributed by atoms with Crippen LogP contribution in [0.4, 0.5) is 13.2 Å². The molecule has 11 heteroatoms. The van der Waals surface area contributed by atoms with E-state index in [0.717, 1.165) is 18.2 Å². The topological polar surface area (TPSA) is 110 Å². The van der Waals surface area contributed by atoms with Crippen molar-refractivity contribution in [1.82, 2.24) is 14.5 Å². The highest BCUT2D eigenvalue weighted by molar-refractivity contribution is 5.92. The molecule has 1 unspecified atom stereocenters. The van der Waals surface area contributed by atoms with Gasteiger partial charge in [0.1, 0.15) is 29.9 Å². The van der Waals surface area contributed by atoms with E-state index < -0.39 is 34.6 Å². The minimum atomic E-state index is -1.09. The second-order valence-electron chi connectivity index (χ2n) is 12.8. The van der Waals surface area contributed by atoms with Gasteiger partial charge in [-0.25, -0.2) is 27.9 Å². The van der Waals surface area contributed by atoms with Gasteiger partial charge in [-0.05, 0) is 88.2 Å². The Hall–Kier alpha value is -5.21. The smallest absolute Gasteiger partial charge is 0.335 e. The Morgan fingerprint density at radius 3 is 2.45 bits per heavy atom. The van der Waals surface area contributed by atoms with Crippen LogP contribution in [0.3, 0.4) is 0 Å². The largest absolute Gasteiger partial charge is 0.478 e. The Labute approximate surface area is 269 Å². The first-order valence-electron chi connectivity index (χ1n) is 15.0. The lowest BCUT2D eigenvalue weighted by Crippen LogP contribution is -2.32. The van der Waals surface area contributed by atoms with E-state index in [1.165, 1.54) is 30.3 Å². The zero-order chi connectivity index (χ0) is 33.7. The number of fused-ring (bicyclic) bond motifs is 1. The van der Waals surface area contributed by atoms with E-state index in [1.807, 2.05) is 38.3 Å². The average molecular weight is 641 g/mol. The molecule has 5 aromatic rings. The molecular formula is C36H31F3N4O4. The summed E-state index contributed by atoms with van der Waals surface area (Å²) in [4.78, 5) is 20.9. The molecule has 0 saturated carbocycles. The van der Waals surface area contributed by atoms with Crippen molar-refractivity contribution in [2.75, 3.05) is 0 Å². The van der Waals surface area contributed by atoms with Gasteiger partial charge >= 0.3 is 5.97 Å². The van der Waals surface area contributed by atoms with Crippen LogP contribution in [0.15, 0.2) is 66.7 Å². The van der Waals surface area contributed by atoms with Crippen molar-refractivity contribution in [2.45, 2.75) is 64.4 Å². The molecule has 0 aliphatic carbocycles. The molecule has 1 saturated heterocycles. The molecule has 47 heavy (non-hydrogen) atoms. The van der Waals surface area contributed by atoms with Crippen LogP contribution in [0.1, 0.15) is 73.0 Å². The zero-order valence-electron chi connectivity index (χ0n) is 26.1. The summed E-state index contributed by atoms with van der Waals surface area (Å²) in [5.74, 6) is -2.57. The summed E-state index contributed by atoms with van der Waals surface area (Å²) in [6.45, 7) is 7.67.